The summed E-state index contributed by atoms with van der Waals surface area (Å²) in [4.78, 5) is 14.8. The average molecular weight is 287 g/mol. The van der Waals surface area contributed by atoms with Gasteiger partial charge in [-0.25, -0.2) is 4.79 Å². The highest BCUT2D eigenvalue weighted by atomic mass is 32.1. The molecule has 0 aliphatic heterocycles. The van der Waals surface area contributed by atoms with Gasteiger partial charge in [-0.15, -0.1) is 11.3 Å². The van der Waals surface area contributed by atoms with E-state index in [0.717, 1.165) is 18.7 Å². The molecule has 0 saturated heterocycles. The molecule has 0 bridgehead atoms. The molecule has 1 N–H and O–H groups in total. The van der Waals surface area contributed by atoms with Crippen LogP contribution in [-0.4, -0.2) is 22.0 Å². The Kier molecular flexibility index (Phi) is 3.85. The molecule has 20 heavy (non-hydrogen) atoms. The van der Waals surface area contributed by atoms with E-state index in [1.807, 2.05) is 12.1 Å². The quantitative estimate of drug-likeness (QED) is 0.882. The summed E-state index contributed by atoms with van der Waals surface area (Å²) in [5.74, 6) is -0.858. The van der Waals surface area contributed by atoms with Crippen LogP contribution in [0, 0.1) is 0 Å². The zero-order valence-corrected chi connectivity index (χ0v) is 12.0. The molecule has 1 fully saturated rings. The second kappa shape index (κ2) is 5.77. The SMILES string of the molecule is O=C(O)c1cccc(CN(Cc2cccs2)C2CC2)c1. The zero-order valence-electron chi connectivity index (χ0n) is 11.2. The second-order valence-corrected chi connectivity index (χ2v) is 6.25. The van der Waals surface area contributed by atoms with Crippen molar-refractivity contribution in [2.75, 3.05) is 0 Å². The van der Waals surface area contributed by atoms with E-state index in [2.05, 4.69) is 22.4 Å². The minimum atomic E-state index is -0.858. The van der Waals surface area contributed by atoms with Crippen molar-refractivity contribution in [3.05, 3.63) is 57.8 Å². The number of carbonyl (C=O) groups is 1. The highest BCUT2D eigenvalue weighted by molar-refractivity contribution is 7.09. The summed E-state index contributed by atoms with van der Waals surface area (Å²) < 4.78 is 0. The summed E-state index contributed by atoms with van der Waals surface area (Å²) in [6, 6.07) is 12.2. The standard InChI is InChI=1S/C16H17NO2S/c18-16(19)13-4-1-3-12(9-13)10-17(14-6-7-14)11-15-5-2-8-20-15/h1-5,8-9,14H,6-7,10-11H2,(H,18,19). The van der Waals surface area contributed by atoms with E-state index >= 15 is 0 Å². The number of carboxylic acids is 1. The van der Waals surface area contributed by atoms with Crippen molar-refractivity contribution in [2.24, 2.45) is 0 Å². The van der Waals surface area contributed by atoms with E-state index in [9.17, 15) is 4.79 Å². The maximum Gasteiger partial charge on any atom is 0.335 e. The first-order chi connectivity index (χ1) is 9.72. The zero-order chi connectivity index (χ0) is 13.9. The van der Waals surface area contributed by atoms with Gasteiger partial charge in [-0.3, -0.25) is 4.90 Å². The van der Waals surface area contributed by atoms with Gasteiger partial charge in [0.15, 0.2) is 0 Å². The molecule has 1 aromatic heterocycles. The minimum Gasteiger partial charge on any atom is -0.478 e. The summed E-state index contributed by atoms with van der Waals surface area (Å²) in [6.45, 7) is 1.78. The third-order valence-corrected chi connectivity index (χ3v) is 4.42. The van der Waals surface area contributed by atoms with Crippen LogP contribution < -0.4 is 0 Å². The lowest BCUT2D eigenvalue weighted by atomic mass is 10.1. The Morgan fingerprint density at radius 1 is 1.25 bits per heavy atom. The van der Waals surface area contributed by atoms with Crippen LogP contribution in [0.15, 0.2) is 41.8 Å². The fourth-order valence-corrected chi connectivity index (χ4v) is 3.12. The number of nitrogens with zero attached hydrogens (tertiary/aromatic N) is 1. The second-order valence-electron chi connectivity index (χ2n) is 5.22. The molecule has 1 aliphatic carbocycles. The first-order valence-corrected chi connectivity index (χ1v) is 7.69. The van der Waals surface area contributed by atoms with Gasteiger partial charge in [-0.1, -0.05) is 18.2 Å². The van der Waals surface area contributed by atoms with Gasteiger partial charge in [-0.05, 0) is 42.0 Å². The van der Waals surface area contributed by atoms with E-state index in [-0.39, 0.29) is 0 Å². The van der Waals surface area contributed by atoms with Crippen LogP contribution in [-0.2, 0) is 13.1 Å². The molecule has 0 radical (unpaired) electrons. The van der Waals surface area contributed by atoms with E-state index in [1.54, 1.807) is 23.5 Å². The first-order valence-electron chi connectivity index (χ1n) is 6.81. The van der Waals surface area contributed by atoms with Gasteiger partial charge in [-0.2, -0.15) is 0 Å². The molecule has 104 valence electrons. The van der Waals surface area contributed by atoms with Crippen LogP contribution >= 0.6 is 11.3 Å². The lowest BCUT2D eigenvalue weighted by molar-refractivity contribution is 0.0696. The Morgan fingerprint density at radius 2 is 2.10 bits per heavy atom. The van der Waals surface area contributed by atoms with E-state index in [4.69, 9.17) is 5.11 Å². The molecular formula is C16H17NO2S. The topological polar surface area (TPSA) is 40.5 Å². The molecule has 3 nitrogen and oxygen atoms in total. The average Bonchev–Trinajstić information content (AvgIpc) is 3.17. The number of hydrogen-bond acceptors (Lipinski definition) is 3. The van der Waals surface area contributed by atoms with Gasteiger partial charge in [0, 0.05) is 24.0 Å². The Labute approximate surface area is 122 Å². The van der Waals surface area contributed by atoms with Crippen molar-refractivity contribution >= 4 is 17.3 Å². The molecule has 0 amide bonds. The largest absolute Gasteiger partial charge is 0.478 e. The lowest BCUT2D eigenvalue weighted by Crippen LogP contribution is -2.24. The first kappa shape index (κ1) is 13.3. The van der Waals surface area contributed by atoms with Crippen molar-refractivity contribution < 1.29 is 9.90 Å². The normalized spacial score (nSPS) is 14.7. The van der Waals surface area contributed by atoms with Gasteiger partial charge in [0.05, 0.1) is 5.56 Å². The van der Waals surface area contributed by atoms with Gasteiger partial charge in [0.2, 0.25) is 0 Å². The molecule has 3 rings (SSSR count). The number of thiophene rings is 1. The van der Waals surface area contributed by atoms with Crippen LogP contribution in [0.1, 0.15) is 33.6 Å². The van der Waals surface area contributed by atoms with Crippen molar-refractivity contribution in [1.29, 1.82) is 0 Å². The third-order valence-electron chi connectivity index (χ3n) is 3.56. The number of benzene rings is 1. The fraction of sp³-hybridized carbons (Fsp3) is 0.312. The summed E-state index contributed by atoms with van der Waals surface area (Å²) in [6.07, 6.45) is 2.51. The van der Waals surface area contributed by atoms with Crippen LogP contribution in [0.2, 0.25) is 0 Å². The Balaban J connectivity index is 1.73. The smallest absolute Gasteiger partial charge is 0.335 e. The summed E-state index contributed by atoms with van der Waals surface area (Å²) in [5, 5.41) is 11.2. The van der Waals surface area contributed by atoms with Crippen molar-refractivity contribution in [2.45, 2.75) is 32.0 Å². The van der Waals surface area contributed by atoms with Crippen LogP contribution in [0.5, 0.6) is 0 Å². The van der Waals surface area contributed by atoms with Crippen LogP contribution in [0.3, 0.4) is 0 Å². The monoisotopic (exact) mass is 287 g/mol. The maximum absolute atomic E-state index is 11.0. The Hall–Kier alpha value is -1.65. The lowest BCUT2D eigenvalue weighted by Gasteiger charge is -2.21. The van der Waals surface area contributed by atoms with Gasteiger partial charge >= 0.3 is 5.97 Å². The molecule has 1 aliphatic rings. The van der Waals surface area contributed by atoms with E-state index in [0.29, 0.717) is 11.6 Å². The third kappa shape index (κ3) is 3.26. The molecular weight excluding hydrogens is 270 g/mol. The molecule has 0 spiro atoms. The molecule has 0 atom stereocenters. The molecule has 2 aromatic rings. The molecule has 0 unspecified atom stereocenters. The summed E-state index contributed by atoms with van der Waals surface area (Å²) in [5.41, 5.74) is 1.45. The maximum atomic E-state index is 11.0. The van der Waals surface area contributed by atoms with Crippen molar-refractivity contribution in [3.63, 3.8) is 0 Å². The summed E-state index contributed by atoms with van der Waals surface area (Å²) >= 11 is 1.78. The fourth-order valence-electron chi connectivity index (χ4n) is 2.39. The number of hydrogen-bond donors (Lipinski definition) is 1. The van der Waals surface area contributed by atoms with Crippen molar-refractivity contribution in [3.8, 4) is 0 Å². The van der Waals surface area contributed by atoms with Crippen LogP contribution in [0.25, 0.3) is 0 Å². The molecule has 1 heterocycles. The van der Waals surface area contributed by atoms with Crippen molar-refractivity contribution in [1.82, 2.24) is 4.90 Å². The highest BCUT2D eigenvalue weighted by Crippen LogP contribution is 2.30. The highest BCUT2D eigenvalue weighted by Gasteiger charge is 2.29. The van der Waals surface area contributed by atoms with E-state index < -0.39 is 5.97 Å². The molecule has 4 heteroatoms. The predicted molar refractivity (Wildman–Crippen MR) is 80.0 cm³/mol. The predicted octanol–water partition coefficient (Wildman–Crippen LogP) is 3.61. The summed E-state index contributed by atoms with van der Waals surface area (Å²) in [7, 11) is 0. The van der Waals surface area contributed by atoms with E-state index in [1.165, 1.54) is 17.7 Å². The number of aromatic carboxylic acids is 1. The molecule has 1 aromatic carbocycles. The number of rotatable bonds is 6. The minimum absolute atomic E-state index is 0.370. The Bertz CT molecular complexity index is 590. The van der Waals surface area contributed by atoms with Gasteiger partial charge in [0.1, 0.15) is 0 Å². The van der Waals surface area contributed by atoms with Gasteiger partial charge in [0.25, 0.3) is 0 Å². The number of carboxylic acid groups (broad SMARTS) is 1. The Morgan fingerprint density at radius 3 is 2.75 bits per heavy atom. The van der Waals surface area contributed by atoms with Gasteiger partial charge < -0.3 is 5.11 Å². The molecule has 1 saturated carbocycles. The van der Waals surface area contributed by atoms with Crippen LogP contribution in [0.4, 0.5) is 0 Å².